The van der Waals surface area contributed by atoms with Crippen molar-refractivity contribution in [1.82, 2.24) is 4.73 Å². The van der Waals surface area contributed by atoms with Crippen molar-refractivity contribution in [3.05, 3.63) is 50.9 Å². The fourth-order valence-electron chi connectivity index (χ4n) is 3.13. The Morgan fingerprint density at radius 3 is 2.06 bits per heavy atom. The predicted molar refractivity (Wildman–Crippen MR) is 130 cm³/mol. The number of hydrogen-bond acceptors (Lipinski definition) is 7. The zero-order valence-electron chi connectivity index (χ0n) is 18.9. The van der Waals surface area contributed by atoms with E-state index in [2.05, 4.69) is 5.16 Å². The topological polar surface area (TPSA) is 69.9 Å². The van der Waals surface area contributed by atoms with Crippen LogP contribution >= 0.6 is 23.6 Å². The van der Waals surface area contributed by atoms with Crippen molar-refractivity contribution in [1.29, 1.82) is 0 Å². The van der Waals surface area contributed by atoms with E-state index in [1.165, 1.54) is 16.1 Å². The van der Waals surface area contributed by atoms with E-state index in [4.69, 9.17) is 21.9 Å². The first kappa shape index (κ1) is 25.9. The molecule has 0 unspecified atom stereocenters. The second-order valence-electron chi connectivity index (χ2n) is 7.74. The molecule has 0 bridgehead atoms. The smallest absolute Gasteiger partial charge is 0.335 e. The number of benzene rings is 1. The number of unbranched alkanes of at least 4 members (excludes halogenated alkanes) is 7. The minimum absolute atomic E-state index is 0.238. The summed E-state index contributed by atoms with van der Waals surface area (Å²) in [7, 11) is 0. The molecule has 0 amide bonds. The molecule has 0 spiro atoms. The van der Waals surface area contributed by atoms with Gasteiger partial charge in [0.25, 0.3) is 0 Å². The van der Waals surface area contributed by atoms with Crippen LogP contribution in [0.25, 0.3) is 0 Å². The van der Waals surface area contributed by atoms with Crippen LogP contribution < -0.4 is 4.84 Å². The normalized spacial score (nSPS) is 11.4. The molecule has 0 N–H and O–H groups in total. The lowest BCUT2D eigenvalue weighted by molar-refractivity contribution is -0.145. The number of thiazole rings is 1. The SMILES string of the molecule is C/C(=N\OC(=O)CCCCCCCCCCC(=O)On1c(C)csc1=S)c1ccccc1. The van der Waals surface area contributed by atoms with E-state index in [9.17, 15) is 9.59 Å². The van der Waals surface area contributed by atoms with Crippen LogP contribution in [-0.2, 0) is 14.4 Å². The van der Waals surface area contributed by atoms with Crippen LogP contribution in [0.5, 0.6) is 0 Å². The molecule has 0 aliphatic carbocycles. The van der Waals surface area contributed by atoms with Crippen LogP contribution in [0.4, 0.5) is 0 Å². The molecule has 6 nitrogen and oxygen atoms in total. The first-order chi connectivity index (χ1) is 15.5. The van der Waals surface area contributed by atoms with Crippen molar-refractivity contribution in [3.8, 4) is 0 Å². The third-order valence-electron chi connectivity index (χ3n) is 5.00. The second-order valence-corrected chi connectivity index (χ2v) is 9.24. The van der Waals surface area contributed by atoms with Gasteiger partial charge < -0.3 is 9.68 Å². The molecule has 0 fully saturated rings. The molecule has 174 valence electrons. The summed E-state index contributed by atoms with van der Waals surface area (Å²) in [5.41, 5.74) is 2.48. The summed E-state index contributed by atoms with van der Waals surface area (Å²) in [4.78, 5) is 34.0. The van der Waals surface area contributed by atoms with Gasteiger partial charge in [0, 0.05) is 18.2 Å². The molecule has 0 aliphatic rings. The number of oxime groups is 1. The van der Waals surface area contributed by atoms with Gasteiger partial charge in [-0.05, 0) is 44.5 Å². The maximum absolute atomic E-state index is 11.9. The quantitative estimate of drug-likeness (QED) is 0.104. The lowest BCUT2D eigenvalue weighted by Crippen LogP contribution is -2.20. The molecule has 2 aromatic rings. The molecule has 0 aliphatic heterocycles. The molecule has 0 atom stereocenters. The Bertz CT molecular complexity index is 935. The number of carbonyl (C=O) groups is 2. The summed E-state index contributed by atoms with van der Waals surface area (Å²) in [5, 5.41) is 5.80. The molecule has 32 heavy (non-hydrogen) atoms. The minimum atomic E-state index is -0.286. The zero-order valence-corrected chi connectivity index (χ0v) is 20.5. The van der Waals surface area contributed by atoms with E-state index >= 15 is 0 Å². The first-order valence-corrected chi connectivity index (χ1v) is 12.4. The number of rotatable bonds is 14. The molecular formula is C24H32N2O4S2. The fourth-order valence-corrected chi connectivity index (χ4v) is 4.10. The first-order valence-electron chi connectivity index (χ1n) is 11.2. The number of nitrogens with zero attached hydrogens (tertiary/aromatic N) is 2. The highest BCUT2D eigenvalue weighted by Gasteiger charge is 2.08. The lowest BCUT2D eigenvalue weighted by Gasteiger charge is -2.06. The van der Waals surface area contributed by atoms with E-state index in [-0.39, 0.29) is 11.9 Å². The number of carbonyl (C=O) groups excluding carboxylic acids is 2. The van der Waals surface area contributed by atoms with E-state index in [1.807, 2.05) is 49.6 Å². The van der Waals surface area contributed by atoms with Crippen LogP contribution in [0, 0.1) is 10.9 Å². The Labute approximate surface area is 199 Å². The van der Waals surface area contributed by atoms with Gasteiger partial charge in [0.15, 0.2) is 3.95 Å². The highest BCUT2D eigenvalue weighted by atomic mass is 32.1. The summed E-state index contributed by atoms with van der Waals surface area (Å²) in [6, 6.07) is 9.64. The van der Waals surface area contributed by atoms with Crippen LogP contribution in [0.15, 0.2) is 40.9 Å². The van der Waals surface area contributed by atoms with Crippen LogP contribution in [-0.4, -0.2) is 22.4 Å². The van der Waals surface area contributed by atoms with E-state index < -0.39 is 0 Å². The van der Waals surface area contributed by atoms with Crippen molar-refractivity contribution in [2.45, 2.75) is 78.1 Å². The number of aromatic nitrogens is 1. The average Bonchev–Trinajstić information content (AvgIpc) is 3.11. The average molecular weight is 477 g/mol. The predicted octanol–water partition coefficient (Wildman–Crippen LogP) is 6.41. The van der Waals surface area contributed by atoms with Crippen molar-refractivity contribution < 1.29 is 19.3 Å². The van der Waals surface area contributed by atoms with Gasteiger partial charge in [-0.25, -0.2) is 9.59 Å². The molecule has 0 radical (unpaired) electrons. The summed E-state index contributed by atoms with van der Waals surface area (Å²) in [5.74, 6) is -0.524. The molecule has 1 heterocycles. The van der Waals surface area contributed by atoms with Crippen molar-refractivity contribution in [3.63, 3.8) is 0 Å². The van der Waals surface area contributed by atoms with Crippen molar-refractivity contribution >= 4 is 41.2 Å². The summed E-state index contributed by atoms with van der Waals surface area (Å²) in [6.45, 7) is 3.69. The van der Waals surface area contributed by atoms with Gasteiger partial charge in [-0.3, -0.25) is 0 Å². The Morgan fingerprint density at radius 1 is 0.938 bits per heavy atom. The fraction of sp³-hybridized carbons (Fsp3) is 0.500. The van der Waals surface area contributed by atoms with E-state index in [1.54, 1.807) is 0 Å². The zero-order chi connectivity index (χ0) is 23.2. The molecule has 1 aromatic heterocycles. The Hall–Kier alpha value is -2.32. The summed E-state index contributed by atoms with van der Waals surface area (Å²) < 4.78 is 1.98. The van der Waals surface area contributed by atoms with Crippen molar-refractivity contribution in [2.75, 3.05) is 0 Å². The summed E-state index contributed by atoms with van der Waals surface area (Å²) in [6.07, 6.45) is 8.91. The van der Waals surface area contributed by atoms with Gasteiger partial charge in [-0.15, -0.1) is 11.3 Å². The van der Waals surface area contributed by atoms with E-state index in [0.29, 0.717) is 22.5 Å². The minimum Gasteiger partial charge on any atom is -0.335 e. The van der Waals surface area contributed by atoms with Crippen molar-refractivity contribution in [2.24, 2.45) is 5.16 Å². The number of hydrogen-bond donors (Lipinski definition) is 0. The molecule has 8 heteroatoms. The molecular weight excluding hydrogens is 444 g/mol. The van der Waals surface area contributed by atoms with Gasteiger partial charge in [0.2, 0.25) is 0 Å². The van der Waals surface area contributed by atoms with Crippen LogP contribution in [0.3, 0.4) is 0 Å². The highest BCUT2D eigenvalue weighted by molar-refractivity contribution is 7.73. The maximum atomic E-state index is 11.9. The molecule has 0 saturated heterocycles. The Morgan fingerprint density at radius 2 is 1.50 bits per heavy atom. The van der Waals surface area contributed by atoms with Gasteiger partial charge in [0.1, 0.15) is 0 Å². The lowest BCUT2D eigenvalue weighted by atomic mass is 10.1. The van der Waals surface area contributed by atoms with Crippen LogP contribution in [0.2, 0.25) is 0 Å². The summed E-state index contributed by atoms with van der Waals surface area (Å²) >= 11 is 6.52. The van der Waals surface area contributed by atoms with E-state index in [0.717, 1.165) is 62.6 Å². The van der Waals surface area contributed by atoms with Gasteiger partial charge in [-0.1, -0.05) is 74.0 Å². The monoisotopic (exact) mass is 476 g/mol. The maximum Gasteiger partial charge on any atom is 0.335 e. The van der Waals surface area contributed by atoms with Gasteiger partial charge in [-0.2, -0.15) is 4.73 Å². The largest absolute Gasteiger partial charge is 0.335 e. The van der Waals surface area contributed by atoms with Gasteiger partial charge in [0.05, 0.1) is 11.4 Å². The standard InChI is InChI=1S/C24H32N2O4S2/c1-19-18-32-24(31)26(19)30-23(28)17-13-8-6-4-3-5-7-12-16-22(27)29-25-20(2)21-14-10-9-11-15-21/h9-11,14-15,18H,3-8,12-13,16-17H2,1-2H3/b25-20+. The molecule has 0 saturated carbocycles. The second kappa shape index (κ2) is 14.7. The number of aryl methyl sites for hydroxylation is 1. The highest BCUT2D eigenvalue weighted by Crippen LogP contribution is 2.12. The van der Waals surface area contributed by atoms with Crippen LogP contribution in [0.1, 0.15) is 82.4 Å². The third-order valence-corrected chi connectivity index (χ3v) is 6.28. The molecule has 2 rings (SSSR count). The van der Waals surface area contributed by atoms with Gasteiger partial charge >= 0.3 is 11.9 Å². The molecule has 1 aromatic carbocycles. The Balaban J connectivity index is 1.43. The Kier molecular flexibility index (Phi) is 11.9. The third kappa shape index (κ3) is 9.87.